The van der Waals surface area contributed by atoms with Crippen molar-refractivity contribution in [2.24, 2.45) is 11.8 Å². The zero-order chi connectivity index (χ0) is 14.0. The molecule has 0 atom stereocenters. The van der Waals surface area contributed by atoms with E-state index in [2.05, 4.69) is 19.2 Å². The molecule has 0 aromatic heterocycles. The Balaban J connectivity index is 3.40. The number of rotatable bonds is 8. The van der Waals surface area contributed by atoms with E-state index in [1.807, 2.05) is 0 Å². The van der Waals surface area contributed by atoms with Crippen molar-refractivity contribution in [2.75, 3.05) is 19.8 Å². The lowest BCUT2D eigenvalue weighted by Crippen LogP contribution is -2.29. The van der Waals surface area contributed by atoms with E-state index < -0.39 is 6.09 Å². The Kier molecular flexibility index (Phi) is 9.06. The van der Waals surface area contributed by atoms with Crippen LogP contribution < -0.4 is 5.32 Å². The van der Waals surface area contributed by atoms with Crippen molar-refractivity contribution >= 4 is 12.1 Å². The van der Waals surface area contributed by atoms with Gasteiger partial charge in [-0.1, -0.05) is 27.7 Å². The Labute approximate surface area is 109 Å². The van der Waals surface area contributed by atoms with Gasteiger partial charge in [0, 0.05) is 0 Å². The van der Waals surface area contributed by atoms with Crippen molar-refractivity contribution in [3.8, 4) is 0 Å². The van der Waals surface area contributed by atoms with Crippen molar-refractivity contribution in [3.63, 3.8) is 0 Å². The minimum Gasteiger partial charge on any atom is -0.464 e. The number of carbonyl (C=O) groups excluding carboxylic acids is 2. The smallest absolute Gasteiger partial charge is 0.407 e. The first-order valence-corrected chi connectivity index (χ1v) is 6.50. The van der Waals surface area contributed by atoms with Crippen LogP contribution in [-0.4, -0.2) is 31.8 Å². The number of nitrogens with one attached hydrogen (secondary N) is 1. The fraction of sp³-hybridized carbons (Fsp3) is 0.846. The van der Waals surface area contributed by atoms with Gasteiger partial charge in [-0.3, -0.25) is 4.79 Å². The van der Waals surface area contributed by atoms with E-state index >= 15 is 0 Å². The molecule has 0 radical (unpaired) electrons. The largest absolute Gasteiger partial charge is 0.464 e. The second-order valence-electron chi connectivity index (χ2n) is 4.92. The second kappa shape index (κ2) is 9.74. The summed E-state index contributed by atoms with van der Waals surface area (Å²) in [7, 11) is 0. The molecule has 0 bridgehead atoms. The molecular formula is C13H25NO4. The summed E-state index contributed by atoms with van der Waals surface area (Å²) >= 11 is 0. The van der Waals surface area contributed by atoms with Gasteiger partial charge in [-0.05, 0) is 18.8 Å². The number of esters is 1. The summed E-state index contributed by atoms with van der Waals surface area (Å²) < 4.78 is 9.86. The predicted octanol–water partition coefficient (Wildman–Crippen LogP) is 2.35. The average Bonchev–Trinajstić information content (AvgIpc) is 2.29. The average molecular weight is 259 g/mol. The molecule has 0 aliphatic rings. The van der Waals surface area contributed by atoms with Crippen LogP contribution >= 0.6 is 0 Å². The minimum absolute atomic E-state index is 0.145. The molecule has 1 amide bonds. The molecule has 0 aliphatic carbocycles. The standard InChI is InChI=1S/C13H25NO4/c1-10(2)6-5-8-18-13(16)14-7-9-17-12(15)11(3)4/h10-11H,5-9H2,1-4H3,(H,14,16). The molecule has 0 aromatic rings. The minimum atomic E-state index is -0.459. The first-order chi connectivity index (χ1) is 8.43. The SMILES string of the molecule is CC(C)CCCOC(=O)NCCOC(=O)C(C)C. The molecule has 0 fully saturated rings. The van der Waals surface area contributed by atoms with Gasteiger partial charge in [-0.2, -0.15) is 0 Å². The topological polar surface area (TPSA) is 64.6 Å². The number of hydrogen-bond acceptors (Lipinski definition) is 4. The Bertz CT molecular complexity index is 251. The monoisotopic (exact) mass is 259 g/mol. The summed E-state index contributed by atoms with van der Waals surface area (Å²) in [6.45, 7) is 8.67. The Morgan fingerprint density at radius 3 is 2.28 bits per heavy atom. The molecule has 18 heavy (non-hydrogen) atoms. The zero-order valence-corrected chi connectivity index (χ0v) is 11.8. The van der Waals surface area contributed by atoms with Crippen LogP contribution in [0.2, 0.25) is 0 Å². The van der Waals surface area contributed by atoms with Crippen molar-refractivity contribution in [2.45, 2.75) is 40.5 Å². The van der Waals surface area contributed by atoms with Crippen LogP contribution in [0.1, 0.15) is 40.5 Å². The quantitative estimate of drug-likeness (QED) is 0.537. The van der Waals surface area contributed by atoms with Gasteiger partial charge in [0.05, 0.1) is 19.1 Å². The first-order valence-electron chi connectivity index (χ1n) is 6.50. The number of ether oxygens (including phenoxy) is 2. The summed E-state index contributed by atoms with van der Waals surface area (Å²) in [5.74, 6) is 0.210. The van der Waals surface area contributed by atoms with Crippen LogP contribution in [0.5, 0.6) is 0 Å². The molecule has 0 spiro atoms. The molecule has 0 rings (SSSR count). The first kappa shape index (κ1) is 16.7. The number of amides is 1. The zero-order valence-electron chi connectivity index (χ0n) is 11.8. The van der Waals surface area contributed by atoms with Gasteiger partial charge < -0.3 is 14.8 Å². The third-order valence-electron chi connectivity index (χ3n) is 2.25. The van der Waals surface area contributed by atoms with Gasteiger partial charge in [0.1, 0.15) is 6.61 Å². The molecular weight excluding hydrogens is 234 g/mol. The molecule has 0 aliphatic heterocycles. The van der Waals surface area contributed by atoms with Crippen molar-refractivity contribution in [1.82, 2.24) is 5.32 Å². The molecule has 1 N–H and O–H groups in total. The maximum Gasteiger partial charge on any atom is 0.407 e. The Morgan fingerprint density at radius 1 is 1.06 bits per heavy atom. The van der Waals surface area contributed by atoms with Gasteiger partial charge in [0.2, 0.25) is 0 Å². The van der Waals surface area contributed by atoms with Crippen LogP contribution in [0.15, 0.2) is 0 Å². The van der Waals surface area contributed by atoms with Crippen LogP contribution in [0.4, 0.5) is 4.79 Å². The van der Waals surface area contributed by atoms with Gasteiger partial charge in [-0.25, -0.2) is 4.79 Å². The van der Waals surface area contributed by atoms with Gasteiger partial charge >= 0.3 is 12.1 Å². The van der Waals surface area contributed by atoms with E-state index in [1.54, 1.807) is 13.8 Å². The normalized spacial score (nSPS) is 10.6. The van der Waals surface area contributed by atoms with Gasteiger partial charge in [0.15, 0.2) is 0 Å². The lowest BCUT2D eigenvalue weighted by molar-refractivity contribution is -0.147. The third kappa shape index (κ3) is 9.93. The lowest BCUT2D eigenvalue weighted by Gasteiger charge is -2.09. The number of hydrogen-bond donors (Lipinski definition) is 1. The Hall–Kier alpha value is -1.26. The van der Waals surface area contributed by atoms with E-state index in [4.69, 9.17) is 9.47 Å². The third-order valence-corrected chi connectivity index (χ3v) is 2.25. The summed E-state index contributed by atoms with van der Waals surface area (Å²) in [5.41, 5.74) is 0. The Morgan fingerprint density at radius 2 is 1.72 bits per heavy atom. The molecule has 106 valence electrons. The van der Waals surface area contributed by atoms with E-state index in [0.717, 1.165) is 12.8 Å². The lowest BCUT2D eigenvalue weighted by atomic mass is 10.1. The summed E-state index contributed by atoms with van der Waals surface area (Å²) in [6.07, 6.45) is 1.45. The highest BCUT2D eigenvalue weighted by Gasteiger charge is 2.08. The van der Waals surface area contributed by atoms with E-state index in [-0.39, 0.29) is 25.0 Å². The van der Waals surface area contributed by atoms with E-state index in [1.165, 1.54) is 0 Å². The number of carbonyl (C=O) groups is 2. The van der Waals surface area contributed by atoms with Crippen molar-refractivity contribution in [3.05, 3.63) is 0 Å². The number of alkyl carbamates (subject to hydrolysis) is 1. The van der Waals surface area contributed by atoms with Gasteiger partial charge in [-0.15, -0.1) is 0 Å². The molecule has 0 saturated heterocycles. The molecule has 0 unspecified atom stereocenters. The summed E-state index contributed by atoms with van der Waals surface area (Å²) in [5, 5.41) is 2.53. The van der Waals surface area contributed by atoms with Crippen LogP contribution in [-0.2, 0) is 14.3 Å². The van der Waals surface area contributed by atoms with Crippen LogP contribution in [0.3, 0.4) is 0 Å². The molecule has 0 saturated carbocycles. The second-order valence-corrected chi connectivity index (χ2v) is 4.92. The highest BCUT2D eigenvalue weighted by atomic mass is 16.6. The highest BCUT2D eigenvalue weighted by molar-refractivity contribution is 5.71. The maximum absolute atomic E-state index is 11.2. The van der Waals surface area contributed by atoms with Crippen molar-refractivity contribution in [1.29, 1.82) is 0 Å². The van der Waals surface area contributed by atoms with E-state index in [0.29, 0.717) is 12.5 Å². The molecule has 0 aromatic carbocycles. The van der Waals surface area contributed by atoms with Crippen LogP contribution in [0, 0.1) is 11.8 Å². The molecule has 5 heteroatoms. The predicted molar refractivity (Wildman–Crippen MR) is 69.2 cm³/mol. The fourth-order valence-electron chi connectivity index (χ4n) is 1.18. The maximum atomic E-state index is 11.2. The summed E-state index contributed by atoms with van der Waals surface area (Å²) in [6, 6.07) is 0. The molecule has 5 nitrogen and oxygen atoms in total. The van der Waals surface area contributed by atoms with Gasteiger partial charge in [0.25, 0.3) is 0 Å². The summed E-state index contributed by atoms with van der Waals surface area (Å²) in [4.78, 5) is 22.3. The molecule has 0 heterocycles. The van der Waals surface area contributed by atoms with Crippen LogP contribution in [0.25, 0.3) is 0 Å². The fourth-order valence-corrected chi connectivity index (χ4v) is 1.18. The highest BCUT2D eigenvalue weighted by Crippen LogP contribution is 2.02. The van der Waals surface area contributed by atoms with Crippen molar-refractivity contribution < 1.29 is 19.1 Å². The van der Waals surface area contributed by atoms with E-state index in [9.17, 15) is 9.59 Å².